The van der Waals surface area contributed by atoms with Gasteiger partial charge in [0.1, 0.15) is 18.8 Å². The van der Waals surface area contributed by atoms with Crippen LogP contribution in [0.25, 0.3) is 0 Å². The van der Waals surface area contributed by atoms with Crippen LogP contribution < -0.4 is 9.64 Å². The molecule has 2 heterocycles. The highest BCUT2D eigenvalue weighted by Gasteiger charge is 2.31. The van der Waals surface area contributed by atoms with E-state index in [4.69, 9.17) is 4.74 Å². The number of hydrogen-bond acceptors (Lipinski definition) is 4. The van der Waals surface area contributed by atoms with Crippen molar-refractivity contribution in [2.45, 2.75) is 46.3 Å². The first-order valence-corrected chi connectivity index (χ1v) is 11.2. The van der Waals surface area contributed by atoms with Gasteiger partial charge in [-0.2, -0.15) is 5.10 Å². The molecule has 7 heteroatoms. The summed E-state index contributed by atoms with van der Waals surface area (Å²) in [5.41, 5.74) is 5.71. The van der Waals surface area contributed by atoms with Gasteiger partial charge in [0.2, 0.25) is 0 Å². The average Bonchev–Trinajstić information content (AvgIpc) is 3.08. The highest BCUT2D eigenvalue weighted by molar-refractivity contribution is 7.91. The molecule has 1 aliphatic rings. The fourth-order valence-corrected chi connectivity index (χ4v) is 5.70. The monoisotopic (exact) mass is 392 g/mol. The Morgan fingerprint density at radius 3 is 2.63 bits per heavy atom. The van der Waals surface area contributed by atoms with Gasteiger partial charge < -0.3 is 9.64 Å². The Labute approximate surface area is 162 Å². The molecule has 3 rings (SSSR count). The molecule has 6 nitrogen and oxygen atoms in total. The summed E-state index contributed by atoms with van der Waals surface area (Å²) in [5, 5.41) is 4.68. The molecule has 0 amide bonds. The van der Waals surface area contributed by atoms with Gasteiger partial charge in [0.25, 0.3) is 0 Å². The number of nitrogens with one attached hydrogen (secondary N) is 1. The summed E-state index contributed by atoms with van der Waals surface area (Å²) in [6, 6.07) is 6.23. The summed E-state index contributed by atoms with van der Waals surface area (Å²) in [5.74, 6) is 1.39. The minimum atomic E-state index is -2.92. The third-order valence-corrected chi connectivity index (χ3v) is 7.19. The van der Waals surface area contributed by atoms with Crippen molar-refractivity contribution < 1.29 is 18.1 Å². The van der Waals surface area contributed by atoms with Crippen LogP contribution in [0.15, 0.2) is 18.2 Å². The van der Waals surface area contributed by atoms with Crippen molar-refractivity contribution in [2.24, 2.45) is 0 Å². The van der Waals surface area contributed by atoms with Crippen LogP contribution in [-0.2, 0) is 22.9 Å². The number of quaternary nitrogens is 1. The normalized spacial score (nSPS) is 20.0. The van der Waals surface area contributed by atoms with E-state index < -0.39 is 9.84 Å². The zero-order valence-corrected chi connectivity index (χ0v) is 17.7. The maximum Gasteiger partial charge on any atom is 0.152 e. The van der Waals surface area contributed by atoms with E-state index in [1.807, 2.05) is 17.7 Å². The summed E-state index contributed by atoms with van der Waals surface area (Å²) >= 11 is 0. The van der Waals surface area contributed by atoms with Crippen LogP contribution in [0.3, 0.4) is 0 Å². The lowest BCUT2D eigenvalue weighted by Gasteiger charge is -2.17. The van der Waals surface area contributed by atoms with Crippen molar-refractivity contribution in [3.63, 3.8) is 0 Å². The molecule has 1 fully saturated rings. The molecular weight excluding hydrogens is 362 g/mol. The Hall–Kier alpha value is -1.86. The average molecular weight is 393 g/mol. The van der Waals surface area contributed by atoms with Crippen LogP contribution in [0.5, 0.6) is 5.75 Å². The van der Waals surface area contributed by atoms with E-state index in [0.29, 0.717) is 6.42 Å². The molecule has 2 atom stereocenters. The van der Waals surface area contributed by atoms with E-state index in [2.05, 4.69) is 38.1 Å². The first-order valence-electron chi connectivity index (χ1n) is 9.40. The number of benzene rings is 1. The molecule has 1 aromatic carbocycles. The largest absolute Gasteiger partial charge is 0.496 e. The van der Waals surface area contributed by atoms with Gasteiger partial charge in [0.15, 0.2) is 9.84 Å². The highest BCUT2D eigenvalue weighted by atomic mass is 32.2. The van der Waals surface area contributed by atoms with Crippen molar-refractivity contribution in [2.75, 3.05) is 25.7 Å². The van der Waals surface area contributed by atoms with Crippen LogP contribution in [0.2, 0.25) is 0 Å². The number of hydrogen-bond donors (Lipinski definition) is 1. The summed E-state index contributed by atoms with van der Waals surface area (Å²) in [7, 11) is 0.951. The fraction of sp³-hybridized carbons (Fsp3) is 0.550. The van der Waals surface area contributed by atoms with E-state index in [1.54, 1.807) is 7.11 Å². The Morgan fingerprint density at radius 2 is 2.00 bits per heavy atom. The number of sulfone groups is 1. The van der Waals surface area contributed by atoms with Crippen LogP contribution in [0.4, 0.5) is 0 Å². The molecule has 1 saturated heterocycles. The predicted octanol–water partition coefficient (Wildman–Crippen LogP) is 1.39. The van der Waals surface area contributed by atoms with E-state index >= 15 is 0 Å². The first-order chi connectivity index (χ1) is 12.7. The van der Waals surface area contributed by atoms with E-state index in [-0.39, 0.29) is 17.5 Å². The number of rotatable bonds is 6. The van der Waals surface area contributed by atoms with Crippen LogP contribution in [-0.4, -0.2) is 43.9 Å². The molecule has 1 N–H and O–H groups in total. The standard InChI is InChI=1S/C20H29N3O3S/c1-14-6-7-20(26-5)17(10-14)11-22(4)12-19-15(2)21-23(16(19)3)18-8-9-27(24,25)13-18/h6-7,10,18H,8-9,11-13H2,1-5H3/p+1/t18-/m1/s1. The van der Waals surface area contributed by atoms with Gasteiger partial charge in [-0.1, -0.05) is 11.6 Å². The zero-order chi connectivity index (χ0) is 19.8. The van der Waals surface area contributed by atoms with Crippen LogP contribution in [0.1, 0.15) is 40.5 Å². The number of ether oxygens (including phenoxy) is 1. The van der Waals surface area contributed by atoms with E-state index in [0.717, 1.165) is 30.2 Å². The number of nitrogens with zero attached hydrogens (tertiary/aromatic N) is 2. The second-order valence-corrected chi connectivity index (χ2v) is 10.0. The Bertz CT molecular complexity index is 934. The molecule has 0 aliphatic carbocycles. The minimum Gasteiger partial charge on any atom is -0.496 e. The lowest BCUT2D eigenvalue weighted by atomic mass is 10.1. The number of aryl methyl sites for hydroxylation is 2. The Morgan fingerprint density at radius 1 is 1.26 bits per heavy atom. The summed E-state index contributed by atoms with van der Waals surface area (Å²) in [6.45, 7) is 7.86. The van der Waals surface area contributed by atoms with Crippen molar-refractivity contribution in [1.82, 2.24) is 9.78 Å². The first kappa shape index (κ1) is 19.9. The molecule has 0 saturated carbocycles. The molecule has 0 spiro atoms. The molecule has 1 aromatic heterocycles. The molecule has 2 aromatic rings. The zero-order valence-electron chi connectivity index (χ0n) is 16.9. The topological polar surface area (TPSA) is 65.6 Å². The maximum atomic E-state index is 11.8. The van der Waals surface area contributed by atoms with Gasteiger partial charge in [0, 0.05) is 11.3 Å². The Kier molecular flexibility index (Phi) is 5.63. The molecule has 27 heavy (non-hydrogen) atoms. The second-order valence-electron chi connectivity index (χ2n) is 7.78. The highest BCUT2D eigenvalue weighted by Crippen LogP contribution is 2.26. The fourth-order valence-electron chi connectivity index (χ4n) is 4.01. The third-order valence-electron chi connectivity index (χ3n) is 5.44. The van der Waals surface area contributed by atoms with Gasteiger partial charge in [-0.25, -0.2) is 8.42 Å². The molecular formula is C20H30N3O3S+. The number of aromatic nitrogens is 2. The lowest BCUT2D eigenvalue weighted by Crippen LogP contribution is -3.06. The maximum absolute atomic E-state index is 11.8. The molecule has 1 aliphatic heterocycles. The second kappa shape index (κ2) is 7.64. The predicted molar refractivity (Wildman–Crippen MR) is 106 cm³/mol. The SMILES string of the molecule is COc1ccc(C)cc1C[NH+](C)Cc1c(C)nn([C@@H]2CCS(=O)(=O)C2)c1C. The van der Waals surface area contributed by atoms with E-state index in [9.17, 15) is 8.42 Å². The quantitative estimate of drug-likeness (QED) is 0.807. The molecule has 0 bridgehead atoms. The van der Waals surface area contributed by atoms with Crippen molar-refractivity contribution in [3.05, 3.63) is 46.3 Å². The third kappa shape index (κ3) is 4.35. The van der Waals surface area contributed by atoms with Gasteiger partial charge in [-0.3, -0.25) is 4.68 Å². The molecule has 0 radical (unpaired) electrons. The van der Waals surface area contributed by atoms with Gasteiger partial charge in [-0.15, -0.1) is 0 Å². The van der Waals surface area contributed by atoms with Crippen molar-refractivity contribution >= 4 is 9.84 Å². The molecule has 148 valence electrons. The lowest BCUT2D eigenvalue weighted by molar-refractivity contribution is -0.907. The van der Waals surface area contributed by atoms with Crippen molar-refractivity contribution in [3.8, 4) is 5.75 Å². The smallest absolute Gasteiger partial charge is 0.152 e. The summed E-state index contributed by atoms with van der Waals surface area (Å²) in [6.07, 6.45) is 0.660. The number of methoxy groups -OCH3 is 1. The van der Waals surface area contributed by atoms with Crippen molar-refractivity contribution in [1.29, 1.82) is 0 Å². The minimum absolute atomic E-state index is 0.0281. The van der Waals surface area contributed by atoms with Gasteiger partial charge in [0.05, 0.1) is 43.0 Å². The van der Waals surface area contributed by atoms with E-state index in [1.165, 1.54) is 21.6 Å². The Balaban J connectivity index is 1.77. The summed E-state index contributed by atoms with van der Waals surface area (Å²) in [4.78, 5) is 1.34. The summed E-state index contributed by atoms with van der Waals surface area (Å²) < 4.78 is 31.1. The molecule has 1 unspecified atom stereocenters. The van der Waals surface area contributed by atoms with Crippen LogP contribution >= 0.6 is 0 Å². The van der Waals surface area contributed by atoms with Gasteiger partial charge >= 0.3 is 0 Å². The van der Waals surface area contributed by atoms with Gasteiger partial charge in [-0.05, 0) is 39.3 Å². The van der Waals surface area contributed by atoms with Crippen LogP contribution in [0, 0.1) is 20.8 Å².